The molecule has 16 heteroatoms. The van der Waals surface area contributed by atoms with E-state index in [9.17, 15) is 28.0 Å². The molecular weight excluding hydrogens is 509 g/mol. The van der Waals surface area contributed by atoms with Gasteiger partial charge in [-0.1, -0.05) is 41.3 Å². The molecule has 7 nitrogen and oxygen atoms in total. The molecule has 178 valence electrons. The monoisotopic (exact) mass is 521 g/mol. The van der Waals surface area contributed by atoms with Gasteiger partial charge in [0.25, 0.3) is 11.8 Å². The Bertz CT molecular complexity index is 1380. The Morgan fingerprint density at radius 3 is 2.32 bits per heavy atom. The number of alkyl halides is 2. The largest absolute Gasteiger partial charge is 0.398 e. The summed E-state index contributed by atoms with van der Waals surface area (Å²) in [6.45, 7) is 0. The SMILES string of the molecule is [B]c1cc2c(cc1C([B])([B])N([B])C(=O)C(F)(F)c1ccc(Cl)cc1)C([B])([B])N(C1CCC(=O)NC1=O)C2=O. The van der Waals surface area contributed by atoms with Crippen LogP contribution in [0.1, 0.15) is 39.9 Å². The highest BCUT2D eigenvalue weighted by atomic mass is 35.5. The molecule has 0 saturated carbocycles. The molecule has 1 fully saturated rings. The maximum absolute atomic E-state index is 15.0. The van der Waals surface area contributed by atoms with E-state index >= 15 is 0 Å². The number of carbonyl (C=O) groups is 4. The van der Waals surface area contributed by atoms with Gasteiger partial charge in [0.05, 0.1) is 31.4 Å². The molecule has 1 unspecified atom stereocenters. The Morgan fingerprint density at radius 2 is 1.74 bits per heavy atom. The second-order valence-electron chi connectivity index (χ2n) is 9.03. The molecule has 0 bridgehead atoms. The van der Waals surface area contributed by atoms with E-state index in [-0.39, 0.29) is 44.8 Å². The first-order valence-electron chi connectivity index (χ1n) is 11.0. The third kappa shape index (κ3) is 4.38. The first-order chi connectivity index (χ1) is 17.5. The predicted molar refractivity (Wildman–Crippen MR) is 138 cm³/mol. The number of nitrogens with one attached hydrogen (secondary N) is 1. The van der Waals surface area contributed by atoms with E-state index in [0.29, 0.717) is 0 Å². The van der Waals surface area contributed by atoms with Crippen molar-refractivity contribution in [2.24, 2.45) is 0 Å². The van der Waals surface area contributed by atoms with Crippen molar-refractivity contribution >= 4 is 87.9 Å². The van der Waals surface area contributed by atoms with Crippen molar-refractivity contribution < 1.29 is 28.0 Å². The molecule has 2 aromatic carbocycles. The highest BCUT2D eigenvalue weighted by Crippen LogP contribution is 2.40. The summed E-state index contributed by atoms with van der Waals surface area (Å²) in [4.78, 5) is 50.7. The van der Waals surface area contributed by atoms with E-state index in [1.807, 2.05) is 0 Å². The van der Waals surface area contributed by atoms with Gasteiger partial charge in [0.2, 0.25) is 19.8 Å². The molecule has 12 radical (unpaired) electrons. The number of rotatable bonds is 5. The molecule has 2 heterocycles. The van der Waals surface area contributed by atoms with Crippen molar-refractivity contribution in [3.8, 4) is 0 Å². The molecule has 38 heavy (non-hydrogen) atoms. The standard InChI is InChI=1S/C22H12B6ClF2N3O4/c23-14-7-11-12(21(24,25)33(18(11)37)15-5-6-16(35)32-17(15)36)8-13(14)22(26,27)34(28)19(38)20(30,31)9-1-3-10(29)4-2-9/h1-4,7-8,15H,5-6H2,(H,32,35,36). The lowest BCUT2D eigenvalue weighted by atomic mass is 9.51. The van der Waals surface area contributed by atoms with Gasteiger partial charge in [-0.3, -0.25) is 24.5 Å². The number of nitrogens with zero attached hydrogens (tertiary/aromatic N) is 2. The number of carbonyl (C=O) groups excluding carboxylic acids is 4. The van der Waals surface area contributed by atoms with Crippen molar-refractivity contribution in [1.29, 1.82) is 0 Å². The lowest BCUT2D eigenvalue weighted by Gasteiger charge is -2.43. The fourth-order valence-corrected chi connectivity index (χ4v) is 4.58. The van der Waals surface area contributed by atoms with Crippen LogP contribution in [-0.2, 0) is 31.0 Å². The van der Waals surface area contributed by atoms with Gasteiger partial charge in [0, 0.05) is 22.6 Å². The molecule has 0 spiro atoms. The number of amides is 4. The molecule has 4 amide bonds. The van der Waals surface area contributed by atoms with Crippen molar-refractivity contribution in [2.75, 3.05) is 0 Å². The van der Waals surface area contributed by atoms with E-state index in [2.05, 4.69) is 5.32 Å². The van der Waals surface area contributed by atoms with Gasteiger partial charge >= 0.3 is 5.92 Å². The van der Waals surface area contributed by atoms with Crippen molar-refractivity contribution in [1.82, 2.24) is 15.0 Å². The van der Waals surface area contributed by atoms with Crippen LogP contribution in [0.25, 0.3) is 0 Å². The Kier molecular flexibility index (Phi) is 6.92. The number of imide groups is 1. The Labute approximate surface area is 229 Å². The third-order valence-electron chi connectivity index (χ3n) is 6.52. The first-order valence-corrected chi connectivity index (χ1v) is 11.4. The molecule has 4 rings (SSSR count). The Morgan fingerprint density at radius 1 is 1.13 bits per heavy atom. The van der Waals surface area contributed by atoms with Crippen LogP contribution < -0.4 is 10.8 Å². The first kappa shape index (κ1) is 28.1. The normalized spacial score (nSPS) is 19.2. The highest BCUT2D eigenvalue weighted by Gasteiger charge is 2.50. The lowest BCUT2D eigenvalue weighted by Crippen LogP contribution is -2.59. The van der Waals surface area contributed by atoms with E-state index < -0.39 is 51.8 Å². The quantitative estimate of drug-likeness (QED) is 0.405. The molecule has 0 aromatic heterocycles. The number of hydrogen-bond acceptors (Lipinski definition) is 4. The topological polar surface area (TPSA) is 86.8 Å². The zero-order valence-electron chi connectivity index (χ0n) is 19.6. The minimum atomic E-state index is -4.17. The van der Waals surface area contributed by atoms with Crippen LogP contribution in [-0.4, -0.2) is 86.6 Å². The maximum atomic E-state index is 15.0. The van der Waals surface area contributed by atoms with E-state index in [1.165, 1.54) is 0 Å². The molecule has 0 aliphatic carbocycles. The second kappa shape index (κ2) is 9.36. The number of piperidine rings is 1. The molecule has 2 aliphatic rings. The summed E-state index contributed by atoms with van der Waals surface area (Å²) >= 11 is 5.72. The lowest BCUT2D eigenvalue weighted by molar-refractivity contribution is -0.155. The van der Waals surface area contributed by atoms with Gasteiger partial charge in [-0.15, -0.1) is 0 Å². The van der Waals surface area contributed by atoms with Crippen LogP contribution in [0.4, 0.5) is 8.78 Å². The predicted octanol–water partition coefficient (Wildman–Crippen LogP) is -1.01. The second-order valence-corrected chi connectivity index (χ2v) is 9.47. The number of hydrogen-bond donors (Lipinski definition) is 1. The maximum Gasteiger partial charge on any atom is 0.348 e. The number of halogens is 3. The average Bonchev–Trinajstić information content (AvgIpc) is 3.02. The zero-order valence-corrected chi connectivity index (χ0v) is 20.3. The van der Waals surface area contributed by atoms with Gasteiger partial charge in [0.15, 0.2) is 0 Å². The van der Waals surface area contributed by atoms with Crippen LogP contribution in [0.3, 0.4) is 0 Å². The summed E-state index contributed by atoms with van der Waals surface area (Å²) < 4.78 is 30.0. The molecule has 1 atom stereocenters. The fraction of sp³-hybridized carbons (Fsp3) is 0.273. The van der Waals surface area contributed by atoms with Crippen LogP contribution in [0, 0.1) is 0 Å². The molecule has 1 N–H and O–H groups in total. The van der Waals surface area contributed by atoms with Gasteiger partial charge in [-0.25, -0.2) is 0 Å². The zero-order chi connectivity index (χ0) is 28.4. The van der Waals surface area contributed by atoms with Crippen molar-refractivity contribution in [3.63, 3.8) is 0 Å². The molecule has 2 aromatic rings. The summed E-state index contributed by atoms with van der Waals surface area (Å²) in [5.74, 6) is -8.24. The van der Waals surface area contributed by atoms with Crippen LogP contribution in [0.15, 0.2) is 36.4 Å². The Balaban J connectivity index is 1.71. The van der Waals surface area contributed by atoms with Gasteiger partial charge in [0.1, 0.15) is 13.9 Å². The van der Waals surface area contributed by atoms with Crippen molar-refractivity contribution in [3.05, 3.63) is 63.7 Å². The fourth-order valence-electron chi connectivity index (χ4n) is 4.46. The number of fused-ring (bicyclic) bond motifs is 1. The highest BCUT2D eigenvalue weighted by molar-refractivity contribution is 6.47. The smallest absolute Gasteiger partial charge is 0.348 e. The summed E-state index contributed by atoms with van der Waals surface area (Å²) in [5, 5.41) is -2.51. The Hall–Kier alpha value is -2.94. The molecular formula is C22H12B6ClF2N3O4. The van der Waals surface area contributed by atoms with Crippen LogP contribution in [0.2, 0.25) is 5.02 Å². The van der Waals surface area contributed by atoms with Crippen molar-refractivity contribution in [2.45, 2.75) is 35.5 Å². The summed E-state index contributed by atoms with van der Waals surface area (Å²) in [6, 6.07) is 5.11. The van der Waals surface area contributed by atoms with Gasteiger partial charge < -0.3 is 9.71 Å². The summed E-state index contributed by atoms with van der Waals surface area (Å²) in [6.07, 6.45) is -0.119. The average molecular weight is 521 g/mol. The van der Waals surface area contributed by atoms with E-state index in [0.717, 1.165) is 41.3 Å². The molecule has 2 aliphatic heterocycles. The summed E-state index contributed by atoms with van der Waals surface area (Å²) in [7, 11) is 36.4. The molecule has 1 saturated heterocycles. The summed E-state index contributed by atoms with van der Waals surface area (Å²) in [5.41, 5.74) is -1.65. The van der Waals surface area contributed by atoms with Gasteiger partial charge in [-0.05, 0) is 40.4 Å². The minimum Gasteiger partial charge on any atom is -0.398 e. The van der Waals surface area contributed by atoms with Crippen LogP contribution in [0.5, 0.6) is 0 Å². The number of benzene rings is 2. The third-order valence-corrected chi connectivity index (χ3v) is 6.77. The van der Waals surface area contributed by atoms with E-state index in [4.69, 9.17) is 58.8 Å². The van der Waals surface area contributed by atoms with Gasteiger partial charge in [-0.2, -0.15) is 8.78 Å². The van der Waals surface area contributed by atoms with Crippen LogP contribution >= 0.6 is 11.6 Å². The minimum absolute atomic E-state index is 0.0501. The van der Waals surface area contributed by atoms with E-state index in [1.54, 1.807) is 0 Å².